The summed E-state index contributed by atoms with van der Waals surface area (Å²) >= 11 is 0. The van der Waals surface area contributed by atoms with Gasteiger partial charge in [0.1, 0.15) is 5.69 Å². The molecule has 0 spiro atoms. The first-order valence-electron chi connectivity index (χ1n) is 10.1. The molecule has 2 aliphatic rings. The summed E-state index contributed by atoms with van der Waals surface area (Å²) in [6.45, 7) is 4.82. The van der Waals surface area contributed by atoms with Gasteiger partial charge in [0.2, 0.25) is 5.91 Å². The van der Waals surface area contributed by atoms with Gasteiger partial charge in [-0.3, -0.25) is 14.6 Å². The number of anilines is 1. The van der Waals surface area contributed by atoms with Gasteiger partial charge in [-0.05, 0) is 29.7 Å². The topological polar surface area (TPSA) is 74.8 Å². The van der Waals surface area contributed by atoms with E-state index in [2.05, 4.69) is 15.2 Å². The predicted octanol–water partition coefficient (Wildman–Crippen LogP) is 1.97. The second-order valence-corrected chi connectivity index (χ2v) is 7.37. The number of amides is 2. The molecule has 7 heteroatoms. The molecular formula is C22H26N4O3. The van der Waals surface area contributed by atoms with Crippen molar-refractivity contribution in [1.29, 1.82) is 0 Å². The first-order valence-corrected chi connectivity index (χ1v) is 10.1. The summed E-state index contributed by atoms with van der Waals surface area (Å²) in [4.78, 5) is 32.9. The summed E-state index contributed by atoms with van der Waals surface area (Å²) < 4.78 is 5.39. The largest absolute Gasteiger partial charge is 0.378 e. The number of hydrogen-bond acceptors (Lipinski definition) is 5. The standard InChI is InChI=1S/C22H26N4O3/c27-21-6-3-9-26(21)16-18-5-2-1-4-17(18)15-24-22(28)20-14-19(7-8-23-20)25-10-12-29-13-11-25/h1-2,4-5,7-8,14H,3,6,9-13,15-16H2,(H,24,28). The minimum atomic E-state index is -0.202. The number of hydrogen-bond donors (Lipinski definition) is 1. The number of morpholine rings is 1. The zero-order valence-electron chi connectivity index (χ0n) is 16.5. The number of aromatic nitrogens is 1. The smallest absolute Gasteiger partial charge is 0.270 e. The van der Waals surface area contributed by atoms with Crippen LogP contribution in [0.4, 0.5) is 5.69 Å². The van der Waals surface area contributed by atoms with Gasteiger partial charge in [-0.15, -0.1) is 0 Å². The number of pyridine rings is 1. The molecule has 2 amide bonds. The molecule has 1 aromatic carbocycles. The molecule has 7 nitrogen and oxygen atoms in total. The van der Waals surface area contributed by atoms with Crippen LogP contribution >= 0.6 is 0 Å². The average molecular weight is 394 g/mol. The number of benzene rings is 1. The molecule has 2 saturated heterocycles. The maximum absolute atomic E-state index is 12.7. The van der Waals surface area contributed by atoms with E-state index in [1.165, 1.54) is 0 Å². The second-order valence-electron chi connectivity index (χ2n) is 7.37. The first-order chi connectivity index (χ1) is 14.2. The molecule has 0 bridgehead atoms. The second kappa shape index (κ2) is 9.05. The van der Waals surface area contributed by atoms with Crippen LogP contribution in [0.15, 0.2) is 42.6 Å². The van der Waals surface area contributed by atoms with E-state index in [4.69, 9.17) is 4.74 Å². The zero-order valence-corrected chi connectivity index (χ0v) is 16.5. The Bertz CT molecular complexity index is 880. The molecule has 0 saturated carbocycles. The predicted molar refractivity (Wildman–Crippen MR) is 110 cm³/mol. The molecule has 1 aromatic heterocycles. The lowest BCUT2D eigenvalue weighted by Gasteiger charge is -2.28. The van der Waals surface area contributed by atoms with Crippen molar-refractivity contribution in [3.05, 3.63) is 59.4 Å². The Labute approximate surface area is 170 Å². The summed E-state index contributed by atoms with van der Waals surface area (Å²) in [6.07, 6.45) is 3.22. The average Bonchev–Trinajstić information content (AvgIpc) is 3.18. The first kappa shape index (κ1) is 19.4. The minimum absolute atomic E-state index is 0.202. The van der Waals surface area contributed by atoms with E-state index >= 15 is 0 Å². The van der Waals surface area contributed by atoms with Crippen molar-refractivity contribution in [2.75, 3.05) is 37.7 Å². The zero-order chi connectivity index (χ0) is 20.1. The van der Waals surface area contributed by atoms with Crippen LogP contribution in [0, 0.1) is 0 Å². The van der Waals surface area contributed by atoms with Crippen LogP contribution in [0.3, 0.4) is 0 Å². The van der Waals surface area contributed by atoms with Crippen molar-refractivity contribution in [2.24, 2.45) is 0 Å². The van der Waals surface area contributed by atoms with E-state index in [1.54, 1.807) is 6.20 Å². The lowest BCUT2D eigenvalue weighted by molar-refractivity contribution is -0.128. The van der Waals surface area contributed by atoms with Crippen LogP contribution in [0.1, 0.15) is 34.5 Å². The fraction of sp³-hybridized carbons (Fsp3) is 0.409. The van der Waals surface area contributed by atoms with Crippen LogP contribution in [-0.2, 0) is 22.6 Å². The molecule has 29 heavy (non-hydrogen) atoms. The Balaban J connectivity index is 1.40. The normalized spacial score (nSPS) is 16.9. The summed E-state index contributed by atoms with van der Waals surface area (Å²) in [7, 11) is 0. The third-order valence-corrected chi connectivity index (χ3v) is 5.44. The van der Waals surface area contributed by atoms with Crippen LogP contribution in [0.25, 0.3) is 0 Å². The number of rotatable bonds is 6. The highest BCUT2D eigenvalue weighted by Gasteiger charge is 2.21. The molecule has 2 aliphatic heterocycles. The molecule has 152 valence electrons. The van der Waals surface area contributed by atoms with Gasteiger partial charge in [0.25, 0.3) is 5.91 Å². The summed E-state index contributed by atoms with van der Waals surface area (Å²) in [5.41, 5.74) is 3.48. The van der Waals surface area contributed by atoms with Crippen LogP contribution in [-0.4, -0.2) is 54.5 Å². The van der Waals surface area contributed by atoms with E-state index in [9.17, 15) is 9.59 Å². The molecule has 4 rings (SSSR count). The third-order valence-electron chi connectivity index (χ3n) is 5.44. The van der Waals surface area contributed by atoms with E-state index in [0.717, 1.165) is 42.9 Å². The van der Waals surface area contributed by atoms with Crippen molar-refractivity contribution in [1.82, 2.24) is 15.2 Å². The van der Waals surface area contributed by atoms with E-state index in [0.29, 0.717) is 38.4 Å². The van der Waals surface area contributed by atoms with Crippen molar-refractivity contribution >= 4 is 17.5 Å². The Morgan fingerprint density at radius 1 is 1.10 bits per heavy atom. The number of nitrogens with one attached hydrogen (secondary N) is 1. The van der Waals surface area contributed by atoms with Crippen LogP contribution in [0.2, 0.25) is 0 Å². The SMILES string of the molecule is O=C(NCc1ccccc1CN1CCCC1=O)c1cc(N2CCOCC2)ccn1. The van der Waals surface area contributed by atoms with Crippen LogP contribution in [0.5, 0.6) is 0 Å². The van der Waals surface area contributed by atoms with Gasteiger partial charge >= 0.3 is 0 Å². The maximum atomic E-state index is 12.7. The van der Waals surface area contributed by atoms with Crippen LogP contribution < -0.4 is 10.2 Å². The number of ether oxygens (including phenoxy) is 1. The van der Waals surface area contributed by atoms with Crippen molar-refractivity contribution < 1.29 is 14.3 Å². The lowest BCUT2D eigenvalue weighted by atomic mass is 10.1. The van der Waals surface area contributed by atoms with Gasteiger partial charge in [-0.2, -0.15) is 0 Å². The van der Waals surface area contributed by atoms with Gasteiger partial charge in [-0.1, -0.05) is 24.3 Å². The third kappa shape index (κ3) is 4.74. The molecule has 1 N–H and O–H groups in total. The van der Waals surface area contributed by atoms with Crippen molar-refractivity contribution in [2.45, 2.75) is 25.9 Å². The van der Waals surface area contributed by atoms with Gasteiger partial charge in [-0.25, -0.2) is 0 Å². The molecule has 2 aromatic rings. The Morgan fingerprint density at radius 3 is 2.66 bits per heavy atom. The van der Waals surface area contributed by atoms with Crippen molar-refractivity contribution in [3.63, 3.8) is 0 Å². The fourth-order valence-electron chi connectivity index (χ4n) is 3.79. The van der Waals surface area contributed by atoms with Gasteiger partial charge in [0.05, 0.1) is 13.2 Å². The molecule has 0 unspecified atom stereocenters. The quantitative estimate of drug-likeness (QED) is 0.811. The highest BCUT2D eigenvalue weighted by Crippen LogP contribution is 2.18. The number of likely N-dealkylation sites (tertiary alicyclic amines) is 1. The minimum Gasteiger partial charge on any atom is -0.378 e. The van der Waals surface area contributed by atoms with Crippen molar-refractivity contribution in [3.8, 4) is 0 Å². The Hall–Kier alpha value is -2.93. The molecule has 3 heterocycles. The van der Waals surface area contributed by atoms with E-state index in [1.807, 2.05) is 41.3 Å². The highest BCUT2D eigenvalue weighted by molar-refractivity contribution is 5.93. The summed E-state index contributed by atoms with van der Waals surface area (Å²) in [6, 6.07) is 11.7. The van der Waals surface area contributed by atoms with E-state index < -0.39 is 0 Å². The molecule has 0 atom stereocenters. The van der Waals surface area contributed by atoms with Gasteiger partial charge < -0.3 is 19.9 Å². The fourth-order valence-corrected chi connectivity index (χ4v) is 3.79. The lowest BCUT2D eigenvalue weighted by Crippen LogP contribution is -2.36. The molecule has 2 fully saturated rings. The number of carbonyl (C=O) groups is 2. The van der Waals surface area contributed by atoms with E-state index in [-0.39, 0.29) is 11.8 Å². The van der Waals surface area contributed by atoms with Gasteiger partial charge in [0.15, 0.2) is 0 Å². The number of nitrogens with zero attached hydrogens (tertiary/aromatic N) is 3. The maximum Gasteiger partial charge on any atom is 0.270 e. The number of carbonyl (C=O) groups excluding carboxylic acids is 2. The summed E-state index contributed by atoms with van der Waals surface area (Å²) in [5, 5.41) is 2.97. The monoisotopic (exact) mass is 394 g/mol. The molecule has 0 radical (unpaired) electrons. The summed E-state index contributed by atoms with van der Waals surface area (Å²) in [5.74, 6) is 0.000118. The molecule has 0 aliphatic carbocycles. The highest BCUT2D eigenvalue weighted by atomic mass is 16.5. The molecular weight excluding hydrogens is 368 g/mol. The Morgan fingerprint density at radius 2 is 1.90 bits per heavy atom. The Kier molecular flexibility index (Phi) is 6.05. The van der Waals surface area contributed by atoms with Gasteiger partial charge in [0, 0.05) is 51.0 Å².